The fourth-order valence-electron chi connectivity index (χ4n) is 2.21. The highest BCUT2D eigenvalue weighted by Crippen LogP contribution is 2.18. The lowest BCUT2D eigenvalue weighted by molar-refractivity contribution is 0.910. The normalized spacial score (nSPS) is 10.5. The van der Waals surface area contributed by atoms with Gasteiger partial charge in [-0.05, 0) is 42.7 Å². The molecule has 2 N–H and O–H groups in total. The van der Waals surface area contributed by atoms with E-state index in [2.05, 4.69) is 68.3 Å². The molecule has 19 heavy (non-hydrogen) atoms. The van der Waals surface area contributed by atoms with Gasteiger partial charge in [-0.1, -0.05) is 35.9 Å². The van der Waals surface area contributed by atoms with E-state index in [4.69, 9.17) is 5.73 Å². The van der Waals surface area contributed by atoms with Gasteiger partial charge in [0.25, 0.3) is 0 Å². The molecule has 0 radical (unpaired) electrons. The van der Waals surface area contributed by atoms with E-state index in [1.165, 1.54) is 27.9 Å². The largest absolute Gasteiger partial charge is 0.370 e. The van der Waals surface area contributed by atoms with Crippen molar-refractivity contribution in [2.24, 2.45) is 5.73 Å². The lowest BCUT2D eigenvalue weighted by Crippen LogP contribution is -2.17. The molecular formula is C17H22N2. The van der Waals surface area contributed by atoms with Gasteiger partial charge >= 0.3 is 0 Å². The summed E-state index contributed by atoms with van der Waals surface area (Å²) in [5.41, 5.74) is 12.0. The molecule has 2 nitrogen and oxygen atoms in total. The zero-order valence-corrected chi connectivity index (χ0v) is 12.0. The molecule has 0 unspecified atom stereocenters. The second-order valence-electron chi connectivity index (χ2n) is 5.16. The van der Waals surface area contributed by atoms with Crippen LogP contribution in [0.3, 0.4) is 0 Å². The van der Waals surface area contributed by atoms with Crippen molar-refractivity contribution in [1.29, 1.82) is 0 Å². The average Bonchev–Trinajstić information content (AvgIpc) is 2.41. The SMILES string of the molecule is Cc1ccc(N(C)Cc2ccc(CN)cc2C)cc1. The number of nitrogens with two attached hydrogens (primary N) is 1. The van der Waals surface area contributed by atoms with Crippen LogP contribution in [0.25, 0.3) is 0 Å². The summed E-state index contributed by atoms with van der Waals surface area (Å²) in [6.45, 7) is 5.78. The van der Waals surface area contributed by atoms with Gasteiger partial charge in [-0.25, -0.2) is 0 Å². The van der Waals surface area contributed by atoms with E-state index in [9.17, 15) is 0 Å². The molecule has 0 fully saturated rings. The Labute approximate surface area is 115 Å². The Bertz CT molecular complexity index is 544. The van der Waals surface area contributed by atoms with Crippen LogP contribution in [0.2, 0.25) is 0 Å². The highest BCUT2D eigenvalue weighted by Gasteiger charge is 2.05. The van der Waals surface area contributed by atoms with Gasteiger partial charge in [0.1, 0.15) is 0 Å². The molecule has 0 aliphatic rings. The number of rotatable bonds is 4. The highest BCUT2D eigenvalue weighted by atomic mass is 15.1. The van der Waals surface area contributed by atoms with Crippen LogP contribution in [0.4, 0.5) is 5.69 Å². The standard InChI is InChI=1S/C17H22N2/c1-13-4-8-17(9-5-13)19(3)12-16-7-6-15(11-18)10-14(16)2/h4-10H,11-12,18H2,1-3H3. The Kier molecular flexibility index (Phi) is 4.23. The van der Waals surface area contributed by atoms with Crippen molar-refractivity contribution in [1.82, 2.24) is 0 Å². The smallest absolute Gasteiger partial charge is 0.0428 e. The highest BCUT2D eigenvalue weighted by molar-refractivity contribution is 5.48. The van der Waals surface area contributed by atoms with Gasteiger partial charge in [0.2, 0.25) is 0 Å². The summed E-state index contributed by atoms with van der Waals surface area (Å²) in [4.78, 5) is 2.27. The van der Waals surface area contributed by atoms with E-state index < -0.39 is 0 Å². The number of hydrogen-bond acceptors (Lipinski definition) is 2. The maximum Gasteiger partial charge on any atom is 0.0428 e. The zero-order chi connectivity index (χ0) is 13.8. The fraction of sp³-hybridized carbons (Fsp3) is 0.294. The Balaban J connectivity index is 2.14. The van der Waals surface area contributed by atoms with Gasteiger partial charge in [0.05, 0.1) is 0 Å². The third-order valence-corrected chi connectivity index (χ3v) is 3.52. The van der Waals surface area contributed by atoms with Gasteiger partial charge in [-0.2, -0.15) is 0 Å². The summed E-state index contributed by atoms with van der Waals surface area (Å²) < 4.78 is 0. The molecule has 2 aromatic carbocycles. The summed E-state index contributed by atoms with van der Waals surface area (Å²) in [6, 6.07) is 15.1. The molecule has 0 aliphatic heterocycles. The van der Waals surface area contributed by atoms with Crippen molar-refractivity contribution in [3.8, 4) is 0 Å². The van der Waals surface area contributed by atoms with E-state index in [1.807, 2.05) is 0 Å². The van der Waals surface area contributed by atoms with Crippen molar-refractivity contribution in [2.45, 2.75) is 26.9 Å². The minimum Gasteiger partial charge on any atom is -0.370 e. The van der Waals surface area contributed by atoms with E-state index in [1.54, 1.807) is 0 Å². The maximum atomic E-state index is 5.66. The summed E-state index contributed by atoms with van der Waals surface area (Å²) >= 11 is 0. The average molecular weight is 254 g/mol. The number of anilines is 1. The summed E-state index contributed by atoms with van der Waals surface area (Å²) in [5.74, 6) is 0. The van der Waals surface area contributed by atoms with E-state index in [-0.39, 0.29) is 0 Å². The molecule has 0 atom stereocenters. The van der Waals surface area contributed by atoms with Crippen molar-refractivity contribution in [3.63, 3.8) is 0 Å². The Morgan fingerprint density at radius 1 is 1.00 bits per heavy atom. The maximum absolute atomic E-state index is 5.66. The van der Waals surface area contributed by atoms with Gasteiger partial charge in [0.15, 0.2) is 0 Å². The van der Waals surface area contributed by atoms with Crippen LogP contribution in [0.1, 0.15) is 22.3 Å². The van der Waals surface area contributed by atoms with Crippen molar-refractivity contribution >= 4 is 5.69 Å². The minimum absolute atomic E-state index is 0.606. The van der Waals surface area contributed by atoms with Gasteiger partial charge in [0, 0.05) is 25.8 Å². The van der Waals surface area contributed by atoms with E-state index in [0.29, 0.717) is 6.54 Å². The van der Waals surface area contributed by atoms with Gasteiger partial charge in [-0.15, -0.1) is 0 Å². The lowest BCUT2D eigenvalue weighted by atomic mass is 10.0. The van der Waals surface area contributed by atoms with Crippen LogP contribution in [0, 0.1) is 13.8 Å². The van der Waals surface area contributed by atoms with Crippen molar-refractivity contribution in [3.05, 3.63) is 64.7 Å². The molecule has 2 heteroatoms. The van der Waals surface area contributed by atoms with Crippen molar-refractivity contribution < 1.29 is 0 Å². The van der Waals surface area contributed by atoms with Crippen LogP contribution < -0.4 is 10.6 Å². The molecule has 0 aromatic heterocycles. The van der Waals surface area contributed by atoms with Crippen molar-refractivity contribution in [2.75, 3.05) is 11.9 Å². The molecule has 100 valence electrons. The Morgan fingerprint density at radius 3 is 2.26 bits per heavy atom. The molecule has 0 heterocycles. The van der Waals surface area contributed by atoms with Crippen LogP contribution >= 0.6 is 0 Å². The van der Waals surface area contributed by atoms with Gasteiger partial charge < -0.3 is 10.6 Å². The molecule has 0 saturated heterocycles. The molecule has 0 spiro atoms. The molecule has 0 saturated carbocycles. The third kappa shape index (κ3) is 3.36. The number of benzene rings is 2. The molecular weight excluding hydrogens is 232 g/mol. The predicted molar refractivity (Wildman–Crippen MR) is 82.4 cm³/mol. The summed E-state index contributed by atoms with van der Waals surface area (Å²) in [5, 5.41) is 0. The number of nitrogens with zero attached hydrogens (tertiary/aromatic N) is 1. The Morgan fingerprint density at radius 2 is 1.68 bits per heavy atom. The van der Waals surface area contributed by atoms with E-state index >= 15 is 0 Å². The first-order chi connectivity index (χ1) is 9.10. The topological polar surface area (TPSA) is 29.3 Å². The first kappa shape index (κ1) is 13.6. The second-order valence-corrected chi connectivity index (χ2v) is 5.16. The molecule has 0 amide bonds. The third-order valence-electron chi connectivity index (χ3n) is 3.52. The minimum atomic E-state index is 0.606. The molecule has 0 aliphatic carbocycles. The van der Waals surface area contributed by atoms with Crippen LogP contribution in [-0.2, 0) is 13.1 Å². The summed E-state index contributed by atoms with van der Waals surface area (Å²) in [6.07, 6.45) is 0. The summed E-state index contributed by atoms with van der Waals surface area (Å²) in [7, 11) is 2.13. The number of hydrogen-bond donors (Lipinski definition) is 1. The van der Waals surface area contributed by atoms with Crippen LogP contribution in [-0.4, -0.2) is 7.05 Å². The molecule has 0 bridgehead atoms. The van der Waals surface area contributed by atoms with Crippen LogP contribution in [0.5, 0.6) is 0 Å². The predicted octanol–water partition coefficient (Wildman–Crippen LogP) is 3.40. The zero-order valence-electron chi connectivity index (χ0n) is 12.0. The molecule has 2 rings (SSSR count). The monoisotopic (exact) mass is 254 g/mol. The first-order valence-corrected chi connectivity index (χ1v) is 6.66. The van der Waals surface area contributed by atoms with Gasteiger partial charge in [-0.3, -0.25) is 0 Å². The Hall–Kier alpha value is -1.80. The molecule has 2 aromatic rings. The number of aryl methyl sites for hydroxylation is 2. The van der Waals surface area contributed by atoms with Crippen LogP contribution in [0.15, 0.2) is 42.5 Å². The quantitative estimate of drug-likeness (QED) is 0.906. The lowest BCUT2D eigenvalue weighted by Gasteiger charge is -2.21. The van der Waals surface area contributed by atoms with E-state index in [0.717, 1.165) is 6.54 Å². The second kappa shape index (κ2) is 5.89. The first-order valence-electron chi connectivity index (χ1n) is 6.66. The fourth-order valence-corrected chi connectivity index (χ4v) is 2.21.